The van der Waals surface area contributed by atoms with Gasteiger partial charge in [-0.1, -0.05) is 25.7 Å². The molecular formula is C20H27N5O5. The Morgan fingerprint density at radius 2 is 2.07 bits per heavy atom. The largest absolute Gasteiger partial charge is 0.453 e. The SMILES string of the molecule is CCCCCC#CC(=O)OC[C@H]1O[C@@H](n2cnc3c(N(C)C)ncnc32)[C@H](O)[C@@H]1O. The lowest BCUT2D eigenvalue weighted by molar-refractivity contribution is -0.143. The van der Waals surface area contributed by atoms with Crippen molar-refractivity contribution in [1.82, 2.24) is 19.5 Å². The lowest BCUT2D eigenvalue weighted by atomic mass is 10.1. The number of rotatable bonds is 7. The van der Waals surface area contributed by atoms with E-state index in [1.54, 1.807) is 4.90 Å². The fraction of sp³-hybridized carbons (Fsp3) is 0.600. The number of unbranched alkanes of at least 4 members (excludes halogenated alkanes) is 3. The highest BCUT2D eigenvalue weighted by molar-refractivity contribution is 5.88. The number of anilines is 1. The van der Waals surface area contributed by atoms with Gasteiger partial charge in [-0.15, -0.1) is 0 Å². The molecule has 1 aliphatic heterocycles. The minimum atomic E-state index is -1.25. The van der Waals surface area contributed by atoms with Gasteiger partial charge in [-0.2, -0.15) is 0 Å². The van der Waals surface area contributed by atoms with Gasteiger partial charge in [-0.3, -0.25) is 4.57 Å². The van der Waals surface area contributed by atoms with E-state index in [4.69, 9.17) is 9.47 Å². The van der Waals surface area contributed by atoms with Crippen LogP contribution < -0.4 is 4.90 Å². The molecule has 3 rings (SSSR count). The highest BCUT2D eigenvalue weighted by Gasteiger charge is 2.45. The summed E-state index contributed by atoms with van der Waals surface area (Å²) in [5.74, 6) is 5.13. The van der Waals surface area contributed by atoms with Crippen LogP contribution in [0.25, 0.3) is 11.2 Å². The third-order valence-electron chi connectivity index (χ3n) is 4.85. The number of imidazole rings is 1. The van der Waals surface area contributed by atoms with Crippen molar-refractivity contribution in [2.45, 2.75) is 57.1 Å². The molecule has 10 heteroatoms. The topological polar surface area (TPSA) is 123 Å². The third-order valence-corrected chi connectivity index (χ3v) is 4.85. The Kier molecular flexibility index (Phi) is 7.20. The lowest BCUT2D eigenvalue weighted by Gasteiger charge is -2.17. The average molecular weight is 417 g/mol. The molecule has 0 aromatic carbocycles. The molecule has 0 aliphatic carbocycles. The van der Waals surface area contributed by atoms with Crippen molar-refractivity contribution < 1.29 is 24.5 Å². The van der Waals surface area contributed by atoms with Gasteiger partial charge in [0.25, 0.3) is 0 Å². The number of carbonyl (C=O) groups is 1. The molecule has 1 aliphatic rings. The average Bonchev–Trinajstić information content (AvgIpc) is 3.27. The number of esters is 1. The van der Waals surface area contributed by atoms with E-state index in [0.29, 0.717) is 23.4 Å². The Bertz CT molecular complexity index is 935. The molecule has 10 nitrogen and oxygen atoms in total. The highest BCUT2D eigenvalue weighted by Crippen LogP contribution is 2.32. The molecule has 162 valence electrons. The van der Waals surface area contributed by atoms with E-state index >= 15 is 0 Å². The molecule has 4 atom stereocenters. The van der Waals surface area contributed by atoms with Crippen molar-refractivity contribution in [3.8, 4) is 11.8 Å². The molecule has 1 fully saturated rings. The number of hydrogen-bond acceptors (Lipinski definition) is 9. The minimum Gasteiger partial charge on any atom is -0.453 e. The summed E-state index contributed by atoms with van der Waals surface area (Å²) in [7, 11) is 3.67. The van der Waals surface area contributed by atoms with Crippen LogP contribution in [0.5, 0.6) is 0 Å². The third kappa shape index (κ3) is 4.70. The van der Waals surface area contributed by atoms with Crippen molar-refractivity contribution in [3.05, 3.63) is 12.7 Å². The summed E-state index contributed by atoms with van der Waals surface area (Å²) in [6, 6.07) is 0. The quantitative estimate of drug-likeness (QED) is 0.289. The van der Waals surface area contributed by atoms with Crippen LogP contribution in [0.1, 0.15) is 38.8 Å². The van der Waals surface area contributed by atoms with Crippen LogP contribution >= 0.6 is 0 Å². The summed E-state index contributed by atoms with van der Waals surface area (Å²) in [6.07, 6.45) is 2.27. The van der Waals surface area contributed by atoms with E-state index < -0.39 is 30.5 Å². The van der Waals surface area contributed by atoms with Crippen LogP contribution in [0.15, 0.2) is 12.7 Å². The standard InChI is InChI=1S/C20H27N5O5/c1-4-5-6-7-8-9-14(26)29-10-13-16(27)17(28)20(30-13)25-12-23-15-18(24(2)3)21-11-22-19(15)25/h11-13,16-17,20,27-28H,4-7,10H2,1-3H3/t13-,16-,17-,20-/m1/s1. The normalized spacial score (nSPS) is 23.2. The first-order valence-electron chi connectivity index (χ1n) is 9.96. The number of nitrogens with zero attached hydrogens (tertiary/aromatic N) is 5. The summed E-state index contributed by atoms with van der Waals surface area (Å²) in [5, 5.41) is 20.8. The first-order chi connectivity index (χ1) is 14.4. The zero-order chi connectivity index (χ0) is 21.7. The molecule has 0 amide bonds. The van der Waals surface area contributed by atoms with Crippen molar-refractivity contribution in [1.29, 1.82) is 0 Å². The maximum Gasteiger partial charge on any atom is 0.384 e. The van der Waals surface area contributed by atoms with E-state index in [1.807, 2.05) is 14.1 Å². The Labute approximate surface area is 174 Å². The van der Waals surface area contributed by atoms with E-state index in [9.17, 15) is 15.0 Å². The number of ether oxygens (including phenoxy) is 2. The van der Waals surface area contributed by atoms with Gasteiger partial charge in [0.15, 0.2) is 23.2 Å². The fourth-order valence-corrected chi connectivity index (χ4v) is 3.24. The Balaban J connectivity index is 1.65. The lowest BCUT2D eigenvalue weighted by Crippen LogP contribution is -2.34. The van der Waals surface area contributed by atoms with E-state index in [2.05, 4.69) is 33.7 Å². The van der Waals surface area contributed by atoms with Gasteiger partial charge in [-0.25, -0.2) is 19.7 Å². The van der Waals surface area contributed by atoms with Gasteiger partial charge in [0.1, 0.15) is 31.2 Å². The van der Waals surface area contributed by atoms with E-state index in [1.165, 1.54) is 17.2 Å². The smallest absolute Gasteiger partial charge is 0.384 e. The number of carbonyl (C=O) groups excluding carboxylic acids is 1. The molecule has 0 bridgehead atoms. The van der Waals surface area contributed by atoms with Crippen LogP contribution in [-0.4, -0.2) is 74.7 Å². The second kappa shape index (κ2) is 9.84. The van der Waals surface area contributed by atoms with Crippen LogP contribution in [0.3, 0.4) is 0 Å². The minimum absolute atomic E-state index is 0.220. The first-order valence-corrected chi connectivity index (χ1v) is 9.96. The van der Waals surface area contributed by atoms with Gasteiger partial charge in [0, 0.05) is 26.4 Å². The summed E-state index contributed by atoms with van der Waals surface area (Å²) < 4.78 is 12.4. The predicted molar refractivity (Wildman–Crippen MR) is 108 cm³/mol. The molecule has 2 N–H and O–H groups in total. The molecule has 2 aromatic rings. The molecule has 2 aromatic heterocycles. The van der Waals surface area contributed by atoms with Crippen LogP contribution in [0, 0.1) is 11.8 Å². The molecule has 30 heavy (non-hydrogen) atoms. The number of aliphatic hydroxyl groups is 2. The van der Waals surface area contributed by atoms with Crippen molar-refractivity contribution >= 4 is 23.0 Å². The maximum atomic E-state index is 11.8. The zero-order valence-electron chi connectivity index (χ0n) is 17.4. The van der Waals surface area contributed by atoms with Crippen molar-refractivity contribution in [2.24, 2.45) is 0 Å². The maximum absolute atomic E-state index is 11.8. The predicted octanol–water partition coefficient (Wildman–Crippen LogP) is 0.638. The second-order valence-electron chi connectivity index (χ2n) is 7.32. The highest BCUT2D eigenvalue weighted by atomic mass is 16.6. The fourth-order valence-electron chi connectivity index (χ4n) is 3.24. The summed E-state index contributed by atoms with van der Waals surface area (Å²) >= 11 is 0. The molecule has 0 radical (unpaired) electrons. The van der Waals surface area contributed by atoms with Crippen LogP contribution in [0.2, 0.25) is 0 Å². The molecule has 1 saturated heterocycles. The van der Waals surface area contributed by atoms with E-state index in [-0.39, 0.29) is 6.61 Å². The van der Waals surface area contributed by atoms with Gasteiger partial charge >= 0.3 is 5.97 Å². The van der Waals surface area contributed by atoms with Gasteiger partial charge < -0.3 is 24.6 Å². The molecule has 0 spiro atoms. The van der Waals surface area contributed by atoms with Gasteiger partial charge in [0.05, 0.1) is 6.33 Å². The molecule has 0 unspecified atom stereocenters. The molecule has 0 saturated carbocycles. The Hall–Kier alpha value is -2.74. The first kappa shape index (κ1) is 22.0. The summed E-state index contributed by atoms with van der Waals surface area (Å²) in [4.78, 5) is 26.3. The molecular weight excluding hydrogens is 390 g/mol. The number of hydrogen-bond donors (Lipinski definition) is 2. The van der Waals surface area contributed by atoms with Crippen LogP contribution in [-0.2, 0) is 14.3 Å². The van der Waals surface area contributed by atoms with Crippen LogP contribution in [0.4, 0.5) is 5.82 Å². The number of aromatic nitrogens is 4. The summed E-state index contributed by atoms with van der Waals surface area (Å²) in [6.45, 7) is 1.87. The van der Waals surface area contributed by atoms with Crippen molar-refractivity contribution in [2.75, 3.05) is 25.6 Å². The Morgan fingerprint density at radius 1 is 1.27 bits per heavy atom. The van der Waals surface area contributed by atoms with Crippen molar-refractivity contribution in [3.63, 3.8) is 0 Å². The summed E-state index contributed by atoms with van der Waals surface area (Å²) in [5.41, 5.74) is 1.00. The monoisotopic (exact) mass is 417 g/mol. The number of fused-ring (bicyclic) bond motifs is 1. The number of aliphatic hydroxyl groups excluding tert-OH is 2. The van der Waals surface area contributed by atoms with Gasteiger partial charge in [-0.05, 0) is 6.42 Å². The zero-order valence-corrected chi connectivity index (χ0v) is 17.4. The van der Waals surface area contributed by atoms with Gasteiger partial charge in [0.2, 0.25) is 0 Å². The Morgan fingerprint density at radius 3 is 2.80 bits per heavy atom. The molecule has 3 heterocycles. The van der Waals surface area contributed by atoms with E-state index in [0.717, 1.165) is 19.3 Å². The second-order valence-corrected chi connectivity index (χ2v) is 7.32.